The number of para-hydroxylation sites is 1. The number of nitrogens with zero attached hydrogens (tertiary/aromatic N) is 4. The molecule has 0 saturated carbocycles. The Labute approximate surface area is 128 Å². The Kier molecular flexibility index (Phi) is 3.13. The van der Waals surface area contributed by atoms with Crippen molar-refractivity contribution in [1.29, 1.82) is 0 Å². The van der Waals surface area contributed by atoms with Crippen molar-refractivity contribution < 1.29 is 4.74 Å². The van der Waals surface area contributed by atoms with Gasteiger partial charge in [-0.1, -0.05) is 35.6 Å². The van der Waals surface area contributed by atoms with Crippen LogP contribution in [0.1, 0.15) is 5.82 Å². The van der Waals surface area contributed by atoms with Gasteiger partial charge in [0.1, 0.15) is 12.4 Å². The first-order valence-corrected chi connectivity index (χ1v) is 8.02. The molecule has 0 atom stereocenters. The Balaban J connectivity index is 1.61. The van der Waals surface area contributed by atoms with E-state index in [4.69, 9.17) is 4.74 Å². The first-order chi connectivity index (χ1) is 10.4. The van der Waals surface area contributed by atoms with Crippen LogP contribution in [0.3, 0.4) is 0 Å². The zero-order valence-corrected chi connectivity index (χ0v) is 12.5. The molecular weight excluding hydrogens is 304 g/mol. The van der Waals surface area contributed by atoms with Gasteiger partial charge in [0.15, 0.2) is 10.8 Å². The van der Waals surface area contributed by atoms with Crippen LogP contribution in [0.4, 0.5) is 0 Å². The van der Waals surface area contributed by atoms with Crippen LogP contribution in [-0.4, -0.2) is 19.8 Å². The summed E-state index contributed by atoms with van der Waals surface area (Å²) in [6, 6.07) is 13.7. The summed E-state index contributed by atoms with van der Waals surface area (Å²) >= 11 is 3.20. The summed E-state index contributed by atoms with van der Waals surface area (Å²) in [5.74, 6) is 1.51. The predicted octanol–water partition coefficient (Wildman–Crippen LogP) is 3.49. The van der Waals surface area contributed by atoms with Gasteiger partial charge in [-0.05, 0) is 23.6 Å². The smallest absolute Gasteiger partial charge is 0.235 e. The summed E-state index contributed by atoms with van der Waals surface area (Å²) in [5, 5.41) is 15.8. The van der Waals surface area contributed by atoms with Crippen molar-refractivity contribution in [2.24, 2.45) is 0 Å². The Morgan fingerprint density at radius 2 is 1.95 bits per heavy atom. The molecule has 5 nitrogen and oxygen atoms in total. The molecule has 104 valence electrons. The highest BCUT2D eigenvalue weighted by Gasteiger charge is 2.13. The van der Waals surface area contributed by atoms with Crippen LogP contribution in [-0.2, 0) is 6.61 Å². The van der Waals surface area contributed by atoms with Crippen LogP contribution in [0.2, 0.25) is 0 Å². The number of thiophene rings is 1. The Morgan fingerprint density at radius 1 is 1.05 bits per heavy atom. The third kappa shape index (κ3) is 2.41. The quantitative estimate of drug-likeness (QED) is 0.578. The van der Waals surface area contributed by atoms with Crippen molar-refractivity contribution >= 4 is 27.6 Å². The molecule has 0 radical (unpaired) electrons. The minimum absolute atomic E-state index is 0.346. The topological polar surface area (TPSA) is 52.3 Å². The second-order valence-electron chi connectivity index (χ2n) is 4.30. The van der Waals surface area contributed by atoms with Gasteiger partial charge in [0, 0.05) is 0 Å². The van der Waals surface area contributed by atoms with E-state index in [9.17, 15) is 0 Å². The molecule has 0 fully saturated rings. The van der Waals surface area contributed by atoms with E-state index < -0.39 is 0 Å². The first kappa shape index (κ1) is 12.5. The maximum Gasteiger partial charge on any atom is 0.235 e. The van der Waals surface area contributed by atoms with E-state index in [2.05, 4.69) is 21.4 Å². The third-order valence-electron chi connectivity index (χ3n) is 2.90. The molecule has 0 aliphatic rings. The van der Waals surface area contributed by atoms with Crippen molar-refractivity contribution in [3.05, 3.63) is 53.7 Å². The fourth-order valence-corrected chi connectivity index (χ4v) is 3.56. The van der Waals surface area contributed by atoms with Crippen molar-refractivity contribution in [1.82, 2.24) is 19.8 Å². The molecule has 0 amide bonds. The monoisotopic (exact) mass is 314 g/mol. The van der Waals surface area contributed by atoms with E-state index in [0.29, 0.717) is 12.4 Å². The molecule has 0 unspecified atom stereocenters. The fourth-order valence-electron chi connectivity index (χ4n) is 1.91. The lowest BCUT2D eigenvalue weighted by Crippen LogP contribution is -2.02. The highest BCUT2D eigenvalue weighted by molar-refractivity contribution is 7.23. The molecule has 3 aromatic heterocycles. The SMILES string of the molecule is c1ccc(OCc2nnc3sc(-c4cccs4)nn23)cc1. The summed E-state index contributed by atoms with van der Waals surface area (Å²) in [5.41, 5.74) is 0. The third-order valence-corrected chi connectivity index (χ3v) is 4.84. The first-order valence-electron chi connectivity index (χ1n) is 6.33. The van der Waals surface area contributed by atoms with Crippen molar-refractivity contribution in [3.8, 4) is 15.6 Å². The predicted molar refractivity (Wildman–Crippen MR) is 82.7 cm³/mol. The van der Waals surface area contributed by atoms with Gasteiger partial charge in [-0.3, -0.25) is 0 Å². The van der Waals surface area contributed by atoms with Gasteiger partial charge < -0.3 is 4.74 Å². The lowest BCUT2D eigenvalue weighted by Gasteiger charge is -2.02. The number of fused-ring (bicyclic) bond motifs is 1. The van der Waals surface area contributed by atoms with Gasteiger partial charge in [-0.15, -0.1) is 21.5 Å². The van der Waals surface area contributed by atoms with Crippen molar-refractivity contribution in [2.75, 3.05) is 0 Å². The fraction of sp³-hybridized carbons (Fsp3) is 0.0714. The summed E-state index contributed by atoms with van der Waals surface area (Å²) < 4.78 is 7.45. The molecule has 0 aliphatic heterocycles. The number of ether oxygens (including phenoxy) is 1. The van der Waals surface area contributed by atoms with Gasteiger partial charge in [-0.25, -0.2) is 0 Å². The zero-order valence-electron chi connectivity index (χ0n) is 10.8. The van der Waals surface area contributed by atoms with E-state index in [-0.39, 0.29) is 0 Å². The van der Waals surface area contributed by atoms with E-state index >= 15 is 0 Å². The van der Waals surface area contributed by atoms with E-state index in [1.807, 2.05) is 41.8 Å². The number of rotatable bonds is 4. The molecule has 0 aliphatic carbocycles. The van der Waals surface area contributed by atoms with Crippen LogP contribution in [0.25, 0.3) is 14.8 Å². The van der Waals surface area contributed by atoms with Crippen LogP contribution < -0.4 is 4.74 Å². The highest BCUT2D eigenvalue weighted by atomic mass is 32.1. The molecule has 3 heterocycles. The summed E-state index contributed by atoms with van der Waals surface area (Å²) in [6.45, 7) is 0.346. The molecule has 0 N–H and O–H groups in total. The molecule has 4 aromatic rings. The molecular formula is C14H10N4OS2. The number of aromatic nitrogens is 4. The maximum absolute atomic E-state index is 5.70. The minimum atomic E-state index is 0.346. The lowest BCUT2D eigenvalue weighted by molar-refractivity contribution is 0.293. The standard InChI is InChI=1S/C14H10N4OS2/c1-2-5-10(6-3-1)19-9-12-15-16-14-18(12)17-13(21-14)11-7-4-8-20-11/h1-8H,9H2. The number of hydrogen-bond donors (Lipinski definition) is 0. The van der Waals surface area contributed by atoms with Gasteiger partial charge in [0.2, 0.25) is 4.96 Å². The summed E-state index contributed by atoms with van der Waals surface area (Å²) in [4.78, 5) is 1.92. The molecule has 7 heteroatoms. The van der Waals surface area contributed by atoms with Crippen molar-refractivity contribution in [3.63, 3.8) is 0 Å². The molecule has 1 aromatic carbocycles. The molecule has 0 spiro atoms. The van der Waals surface area contributed by atoms with Crippen LogP contribution in [0, 0.1) is 0 Å². The minimum Gasteiger partial charge on any atom is -0.486 e. The lowest BCUT2D eigenvalue weighted by atomic mass is 10.3. The van der Waals surface area contributed by atoms with Crippen LogP contribution in [0.5, 0.6) is 5.75 Å². The van der Waals surface area contributed by atoms with Gasteiger partial charge >= 0.3 is 0 Å². The highest BCUT2D eigenvalue weighted by Crippen LogP contribution is 2.29. The molecule has 21 heavy (non-hydrogen) atoms. The van der Waals surface area contributed by atoms with Crippen LogP contribution >= 0.6 is 22.7 Å². The van der Waals surface area contributed by atoms with E-state index in [1.54, 1.807) is 15.9 Å². The summed E-state index contributed by atoms with van der Waals surface area (Å²) in [6.07, 6.45) is 0. The van der Waals surface area contributed by atoms with Gasteiger partial charge in [0.25, 0.3) is 0 Å². The van der Waals surface area contributed by atoms with E-state index in [0.717, 1.165) is 20.6 Å². The molecule has 0 saturated heterocycles. The normalized spacial score (nSPS) is 11.0. The average Bonchev–Trinajstić information content (AvgIpc) is 3.23. The summed E-state index contributed by atoms with van der Waals surface area (Å²) in [7, 11) is 0. The molecule has 0 bridgehead atoms. The Bertz CT molecular complexity index is 852. The Hall–Kier alpha value is -2.25. The number of hydrogen-bond acceptors (Lipinski definition) is 6. The van der Waals surface area contributed by atoms with Crippen molar-refractivity contribution in [2.45, 2.75) is 6.61 Å². The van der Waals surface area contributed by atoms with Crippen LogP contribution in [0.15, 0.2) is 47.8 Å². The largest absolute Gasteiger partial charge is 0.486 e. The Morgan fingerprint density at radius 3 is 2.76 bits per heavy atom. The zero-order chi connectivity index (χ0) is 14.1. The second-order valence-corrected chi connectivity index (χ2v) is 6.20. The maximum atomic E-state index is 5.70. The average molecular weight is 314 g/mol. The molecule has 4 rings (SSSR count). The second kappa shape index (κ2) is 5.27. The number of benzene rings is 1. The van der Waals surface area contributed by atoms with Gasteiger partial charge in [0.05, 0.1) is 4.88 Å². The van der Waals surface area contributed by atoms with Gasteiger partial charge in [-0.2, -0.15) is 9.61 Å². The van der Waals surface area contributed by atoms with E-state index in [1.165, 1.54) is 11.3 Å².